The van der Waals surface area contributed by atoms with Crippen molar-refractivity contribution in [3.8, 4) is 0 Å². The van der Waals surface area contributed by atoms with E-state index in [1.165, 1.54) is 38.5 Å². The van der Waals surface area contributed by atoms with E-state index in [-0.39, 0.29) is 37.5 Å². The van der Waals surface area contributed by atoms with Crippen LogP contribution in [0, 0.1) is 0 Å². The minimum atomic E-state index is -0.822. The normalized spacial score (nSPS) is 13.3. The van der Waals surface area contributed by atoms with Crippen LogP contribution in [0.2, 0.25) is 0 Å². The van der Waals surface area contributed by atoms with Gasteiger partial charge in [0.15, 0.2) is 6.10 Å². The topological polar surface area (TPSA) is 78.9 Å². The van der Waals surface area contributed by atoms with Gasteiger partial charge in [0, 0.05) is 19.3 Å². The molecule has 0 saturated carbocycles. The molecule has 6 heteroatoms. The van der Waals surface area contributed by atoms with Crippen LogP contribution in [0.4, 0.5) is 0 Å². The highest BCUT2D eigenvalue weighted by molar-refractivity contribution is 5.71. The van der Waals surface area contributed by atoms with Crippen LogP contribution in [-0.4, -0.2) is 37.2 Å². The molecular formula is C71H110O6. The van der Waals surface area contributed by atoms with Crippen LogP contribution in [0.1, 0.15) is 239 Å². The smallest absolute Gasteiger partial charge is 0.306 e. The fourth-order valence-corrected chi connectivity index (χ4v) is 7.70. The number of esters is 3. The van der Waals surface area contributed by atoms with Crippen molar-refractivity contribution in [2.24, 2.45) is 0 Å². The lowest BCUT2D eigenvalue weighted by Gasteiger charge is -2.18. The maximum Gasteiger partial charge on any atom is 0.306 e. The number of hydrogen-bond acceptors (Lipinski definition) is 6. The number of carbonyl (C=O) groups excluding carboxylic acids is 3. The second-order valence-electron chi connectivity index (χ2n) is 19.5. The zero-order chi connectivity index (χ0) is 55.7. The van der Waals surface area contributed by atoms with Gasteiger partial charge in [0.1, 0.15) is 13.2 Å². The molecule has 1 atom stereocenters. The van der Waals surface area contributed by atoms with Gasteiger partial charge in [0.2, 0.25) is 0 Å². The van der Waals surface area contributed by atoms with E-state index in [1.807, 2.05) is 0 Å². The summed E-state index contributed by atoms with van der Waals surface area (Å²) < 4.78 is 16.8. The Balaban J connectivity index is 4.34. The lowest BCUT2D eigenvalue weighted by Crippen LogP contribution is -2.30. The highest BCUT2D eigenvalue weighted by Gasteiger charge is 2.19. The van der Waals surface area contributed by atoms with E-state index in [9.17, 15) is 14.4 Å². The van der Waals surface area contributed by atoms with Gasteiger partial charge >= 0.3 is 17.9 Å². The molecule has 6 nitrogen and oxygen atoms in total. The number of allylic oxidation sites excluding steroid dienone is 28. The lowest BCUT2D eigenvalue weighted by atomic mass is 10.1. The van der Waals surface area contributed by atoms with E-state index in [0.29, 0.717) is 19.3 Å². The van der Waals surface area contributed by atoms with Crippen molar-refractivity contribution in [3.05, 3.63) is 170 Å². The Morgan fingerprint density at radius 1 is 0.273 bits per heavy atom. The fraction of sp³-hybridized carbons (Fsp3) is 0.563. The summed E-state index contributed by atoms with van der Waals surface area (Å²) in [5, 5.41) is 0. The van der Waals surface area contributed by atoms with Gasteiger partial charge in [-0.1, -0.05) is 262 Å². The van der Waals surface area contributed by atoms with Crippen LogP contribution >= 0.6 is 0 Å². The van der Waals surface area contributed by atoms with Gasteiger partial charge in [0.25, 0.3) is 0 Å². The molecule has 77 heavy (non-hydrogen) atoms. The highest BCUT2D eigenvalue weighted by Crippen LogP contribution is 2.13. The minimum Gasteiger partial charge on any atom is -0.462 e. The van der Waals surface area contributed by atoms with Gasteiger partial charge in [-0.3, -0.25) is 14.4 Å². The maximum absolute atomic E-state index is 12.8. The number of carbonyl (C=O) groups is 3. The van der Waals surface area contributed by atoms with Crippen LogP contribution in [0.15, 0.2) is 170 Å². The molecule has 0 fully saturated rings. The summed E-state index contributed by atoms with van der Waals surface area (Å²) in [5.41, 5.74) is 0. The molecule has 0 heterocycles. The van der Waals surface area contributed by atoms with E-state index in [0.717, 1.165) is 154 Å². The molecule has 0 N–H and O–H groups in total. The van der Waals surface area contributed by atoms with E-state index in [2.05, 4.69) is 191 Å². The molecule has 0 rings (SSSR count). The Morgan fingerprint density at radius 2 is 0.519 bits per heavy atom. The zero-order valence-electron chi connectivity index (χ0n) is 49.1. The molecule has 0 spiro atoms. The van der Waals surface area contributed by atoms with E-state index in [1.54, 1.807) is 0 Å². The quantitative estimate of drug-likeness (QED) is 0.0261. The van der Waals surface area contributed by atoms with Crippen LogP contribution < -0.4 is 0 Å². The first-order valence-electron chi connectivity index (χ1n) is 30.6. The Morgan fingerprint density at radius 3 is 0.831 bits per heavy atom. The Kier molecular flexibility index (Phi) is 59.0. The Bertz CT molecular complexity index is 1790. The molecule has 0 radical (unpaired) electrons. The van der Waals surface area contributed by atoms with Crippen LogP contribution in [0.5, 0.6) is 0 Å². The minimum absolute atomic E-state index is 0.113. The number of unbranched alkanes of at least 4 members (excludes halogenated alkanes) is 14. The van der Waals surface area contributed by atoms with Crippen molar-refractivity contribution < 1.29 is 28.6 Å². The molecule has 0 aliphatic carbocycles. The average Bonchev–Trinajstić information content (AvgIpc) is 3.43. The van der Waals surface area contributed by atoms with Crippen molar-refractivity contribution in [3.63, 3.8) is 0 Å². The summed E-state index contributed by atoms with van der Waals surface area (Å²) in [6, 6.07) is 0. The van der Waals surface area contributed by atoms with Crippen molar-refractivity contribution in [1.82, 2.24) is 0 Å². The van der Waals surface area contributed by atoms with Gasteiger partial charge in [-0.2, -0.15) is 0 Å². The monoisotopic (exact) mass is 1060 g/mol. The fourth-order valence-electron chi connectivity index (χ4n) is 7.70. The first kappa shape index (κ1) is 71.8. The first-order chi connectivity index (χ1) is 38.0. The third-order valence-electron chi connectivity index (χ3n) is 12.2. The molecule has 0 bridgehead atoms. The van der Waals surface area contributed by atoms with Gasteiger partial charge in [-0.05, 0) is 128 Å². The molecule has 0 aliphatic heterocycles. The number of ether oxygens (including phenoxy) is 3. The second-order valence-corrected chi connectivity index (χ2v) is 19.5. The van der Waals surface area contributed by atoms with Gasteiger partial charge in [-0.25, -0.2) is 0 Å². The summed E-state index contributed by atoms with van der Waals surface area (Å²) >= 11 is 0. The second kappa shape index (κ2) is 63.3. The van der Waals surface area contributed by atoms with E-state index < -0.39 is 6.10 Å². The molecule has 0 aliphatic rings. The van der Waals surface area contributed by atoms with Crippen LogP contribution in [0.25, 0.3) is 0 Å². The SMILES string of the molecule is CC/C=C\C/C=C\C/C=C\C/C=C\C/C=C\C/C=C\C/C=C\C/C=C\C/C=C\CCCCCCCC(=O)OCC(COC(=O)CCCCCCCCCCC)OC(=O)CCC/C=C\C/C=C\C/C=C\C/C=C\C/C=C\CC. The van der Waals surface area contributed by atoms with Gasteiger partial charge in [0.05, 0.1) is 0 Å². The summed E-state index contributed by atoms with van der Waals surface area (Å²) in [6.45, 7) is 6.31. The summed E-state index contributed by atoms with van der Waals surface area (Å²) in [5.74, 6) is -1.00. The number of hydrogen-bond donors (Lipinski definition) is 0. The van der Waals surface area contributed by atoms with Crippen LogP contribution in [-0.2, 0) is 28.6 Å². The molecule has 0 aromatic heterocycles. The van der Waals surface area contributed by atoms with Gasteiger partial charge < -0.3 is 14.2 Å². The van der Waals surface area contributed by atoms with Crippen molar-refractivity contribution in [2.75, 3.05) is 13.2 Å². The third kappa shape index (κ3) is 61.5. The van der Waals surface area contributed by atoms with Crippen LogP contribution in [0.3, 0.4) is 0 Å². The molecule has 1 unspecified atom stereocenters. The molecule has 0 aromatic rings. The van der Waals surface area contributed by atoms with Crippen molar-refractivity contribution in [1.29, 1.82) is 0 Å². The molecule has 0 amide bonds. The van der Waals surface area contributed by atoms with Gasteiger partial charge in [-0.15, -0.1) is 0 Å². The Labute approximate surface area is 472 Å². The lowest BCUT2D eigenvalue weighted by molar-refractivity contribution is -0.167. The maximum atomic E-state index is 12.8. The molecule has 430 valence electrons. The zero-order valence-corrected chi connectivity index (χ0v) is 49.1. The predicted molar refractivity (Wildman–Crippen MR) is 334 cm³/mol. The highest BCUT2D eigenvalue weighted by atomic mass is 16.6. The standard InChI is InChI=1S/C71H110O6/c1-4-7-10-13-16-19-21-23-25-27-28-29-30-31-32-33-34-35-36-37-38-39-40-41-42-44-45-47-49-52-55-58-61-64-70(73)76-67-68(66-75-69(72)63-60-57-54-51-18-15-12-9-6-3)77-71(74)65-62-59-56-53-50-48-46-43-26-24-22-20-17-14-11-8-5-2/h7-8,10-11,16-17,19-20,23-26,28-29,31-32,34-35,37-38,40-41,44-46,48,53,56,68H,4-6,9,12-15,18,21-22,27,30,33,36,39,42-43,47,49-52,54-55,57-67H2,1-3H3/b10-7-,11-8-,19-16-,20-17-,25-23-,26-24-,29-28-,32-31-,35-34-,38-37-,41-40-,45-44-,48-46-,56-53-. The van der Waals surface area contributed by atoms with E-state index in [4.69, 9.17) is 14.2 Å². The van der Waals surface area contributed by atoms with Crippen molar-refractivity contribution >= 4 is 17.9 Å². The molecule has 0 saturated heterocycles. The third-order valence-corrected chi connectivity index (χ3v) is 12.2. The summed E-state index contributed by atoms with van der Waals surface area (Å²) in [4.78, 5) is 38.1. The molecule has 0 aromatic carbocycles. The largest absolute Gasteiger partial charge is 0.462 e. The Hall–Kier alpha value is -5.23. The van der Waals surface area contributed by atoms with Crippen molar-refractivity contribution in [2.45, 2.75) is 245 Å². The molecular weight excluding hydrogens is 949 g/mol. The number of rotatable bonds is 53. The summed E-state index contributed by atoms with van der Waals surface area (Å²) in [6.07, 6.45) is 93.7. The summed E-state index contributed by atoms with van der Waals surface area (Å²) in [7, 11) is 0. The predicted octanol–water partition coefficient (Wildman–Crippen LogP) is 21.1. The first-order valence-corrected chi connectivity index (χ1v) is 30.6. The van der Waals surface area contributed by atoms with E-state index >= 15 is 0 Å². The average molecular weight is 1060 g/mol.